The van der Waals surface area contributed by atoms with E-state index in [1.807, 2.05) is 0 Å². The van der Waals surface area contributed by atoms with Gasteiger partial charge in [-0.3, -0.25) is 0 Å². The standard InChI is InChI=1S/C10H10ClFN4/c1-13-5-9-14-6-15-16(9)10-7(11)3-2-4-8(10)12/h2-4,6,13H,5H2,1H3. The van der Waals surface area contributed by atoms with Crippen LogP contribution in [0, 0.1) is 5.82 Å². The van der Waals surface area contributed by atoms with Crippen LogP contribution >= 0.6 is 11.6 Å². The number of nitrogens with one attached hydrogen (secondary N) is 1. The molecule has 0 bridgehead atoms. The first-order valence-electron chi connectivity index (χ1n) is 4.72. The second-order valence-electron chi connectivity index (χ2n) is 3.19. The molecule has 6 heteroatoms. The van der Waals surface area contributed by atoms with Gasteiger partial charge in [-0.25, -0.2) is 14.1 Å². The molecule has 4 nitrogen and oxygen atoms in total. The van der Waals surface area contributed by atoms with Crippen molar-refractivity contribution in [1.29, 1.82) is 0 Å². The molecular weight excluding hydrogens is 231 g/mol. The second-order valence-corrected chi connectivity index (χ2v) is 3.60. The Hall–Kier alpha value is -1.46. The van der Waals surface area contributed by atoms with Crippen LogP contribution in [0.2, 0.25) is 5.02 Å². The van der Waals surface area contributed by atoms with Gasteiger partial charge in [-0.2, -0.15) is 5.10 Å². The summed E-state index contributed by atoms with van der Waals surface area (Å²) in [5, 5.41) is 7.21. The minimum atomic E-state index is -0.421. The van der Waals surface area contributed by atoms with E-state index in [-0.39, 0.29) is 5.69 Å². The molecule has 1 heterocycles. The highest BCUT2D eigenvalue weighted by atomic mass is 35.5. The Bertz CT molecular complexity index is 477. The zero-order valence-corrected chi connectivity index (χ0v) is 9.37. The van der Waals surface area contributed by atoms with Crippen LogP contribution in [0.15, 0.2) is 24.5 Å². The Labute approximate surface area is 97.1 Å². The van der Waals surface area contributed by atoms with Gasteiger partial charge in [0.05, 0.1) is 11.6 Å². The van der Waals surface area contributed by atoms with Crippen molar-refractivity contribution >= 4 is 11.6 Å². The maximum Gasteiger partial charge on any atom is 0.150 e. The number of rotatable bonds is 3. The Morgan fingerprint density at radius 3 is 3.00 bits per heavy atom. The maximum absolute atomic E-state index is 13.6. The molecule has 1 aromatic heterocycles. The highest BCUT2D eigenvalue weighted by molar-refractivity contribution is 6.32. The van der Waals surface area contributed by atoms with Gasteiger partial charge in [0.2, 0.25) is 0 Å². The molecule has 2 rings (SSSR count). The number of para-hydroxylation sites is 1. The highest BCUT2D eigenvalue weighted by Crippen LogP contribution is 2.23. The number of nitrogens with zero attached hydrogens (tertiary/aromatic N) is 3. The Morgan fingerprint density at radius 1 is 1.50 bits per heavy atom. The van der Waals surface area contributed by atoms with Crippen molar-refractivity contribution in [3.05, 3.63) is 41.2 Å². The Morgan fingerprint density at radius 2 is 2.31 bits per heavy atom. The van der Waals surface area contributed by atoms with E-state index in [4.69, 9.17) is 11.6 Å². The number of hydrogen-bond donors (Lipinski definition) is 1. The van der Waals surface area contributed by atoms with Crippen molar-refractivity contribution in [1.82, 2.24) is 20.1 Å². The minimum absolute atomic E-state index is 0.229. The van der Waals surface area contributed by atoms with Crippen LogP contribution in [0.1, 0.15) is 5.82 Å². The molecule has 1 aromatic carbocycles. The summed E-state index contributed by atoms with van der Waals surface area (Å²) in [5.74, 6) is 0.185. The highest BCUT2D eigenvalue weighted by Gasteiger charge is 2.13. The van der Waals surface area contributed by atoms with Gasteiger partial charge in [0, 0.05) is 0 Å². The topological polar surface area (TPSA) is 42.7 Å². The van der Waals surface area contributed by atoms with Gasteiger partial charge < -0.3 is 5.32 Å². The van der Waals surface area contributed by atoms with Crippen LogP contribution in [0.4, 0.5) is 4.39 Å². The molecule has 84 valence electrons. The lowest BCUT2D eigenvalue weighted by atomic mass is 10.3. The third-order valence-corrected chi connectivity index (χ3v) is 2.41. The largest absolute Gasteiger partial charge is 0.313 e. The number of aromatic nitrogens is 3. The van der Waals surface area contributed by atoms with E-state index in [1.165, 1.54) is 17.1 Å². The van der Waals surface area contributed by atoms with E-state index in [1.54, 1.807) is 19.2 Å². The normalized spacial score (nSPS) is 10.7. The third-order valence-electron chi connectivity index (χ3n) is 2.10. The molecule has 0 aliphatic heterocycles. The summed E-state index contributed by atoms with van der Waals surface area (Å²) in [4.78, 5) is 4.03. The van der Waals surface area contributed by atoms with E-state index in [0.29, 0.717) is 17.4 Å². The van der Waals surface area contributed by atoms with E-state index in [9.17, 15) is 4.39 Å². The van der Waals surface area contributed by atoms with Crippen LogP contribution in [0.25, 0.3) is 5.69 Å². The first-order chi connectivity index (χ1) is 7.74. The van der Waals surface area contributed by atoms with Gasteiger partial charge in [-0.1, -0.05) is 17.7 Å². The Kier molecular flexibility index (Phi) is 3.17. The fourth-order valence-electron chi connectivity index (χ4n) is 1.42. The molecule has 1 N–H and O–H groups in total. The summed E-state index contributed by atoms with van der Waals surface area (Å²) in [5.41, 5.74) is 0.229. The minimum Gasteiger partial charge on any atom is -0.313 e. The predicted octanol–water partition coefficient (Wildman–Crippen LogP) is 1.78. The molecule has 0 unspecified atom stereocenters. The van der Waals surface area contributed by atoms with E-state index in [0.717, 1.165) is 0 Å². The molecule has 0 aliphatic rings. The second kappa shape index (κ2) is 4.59. The zero-order chi connectivity index (χ0) is 11.5. The smallest absolute Gasteiger partial charge is 0.150 e. The lowest BCUT2D eigenvalue weighted by Gasteiger charge is -2.08. The Balaban J connectivity index is 2.54. The summed E-state index contributed by atoms with van der Waals surface area (Å²) in [6, 6.07) is 4.51. The van der Waals surface area contributed by atoms with Gasteiger partial charge in [0.1, 0.15) is 23.7 Å². The molecule has 0 aliphatic carbocycles. The number of hydrogen-bond acceptors (Lipinski definition) is 3. The summed E-state index contributed by atoms with van der Waals surface area (Å²) in [6.07, 6.45) is 1.37. The van der Waals surface area contributed by atoms with Gasteiger partial charge in [-0.05, 0) is 19.2 Å². The quantitative estimate of drug-likeness (QED) is 0.889. The van der Waals surface area contributed by atoms with Gasteiger partial charge in [-0.15, -0.1) is 0 Å². The molecule has 0 saturated heterocycles. The monoisotopic (exact) mass is 240 g/mol. The van der Waals surface area contributed by atoms with E-state index < -0.39 is 5.82 Å². The number of halogens is 2. The lowest BCUT2D eigenvalue weighted by molar-refractivity contribution is 0.601. The van der Waals surface area contributed by atoms with Crippen molar-refractivity contribution in [2.45, 2.75) is 6.54 Å². The maximum atomic E-state index is 13.6. The van der Waals surface area contributed by atoms with Crippen molar-refractivity contribution in [2.24, 2.45) is 0 Å². The summed E-state index contributed by atoms with van der Waals surface area (Å²) < 4.78 is 15.0. The summed E-state index contributed by atoms with van der Waals surface area (Å²) in [7, 11) is 1.78. The average molecular weight is 241 g/mol. The molecular formula is C10H10ClFN4. The van der Waals surface area contributed by atoms with Crippen molar-refractivity contribution < 1.29 is 4.39 Å². The van der Waals surface area contributed by atoms with Crippen LogP contribution in [0.3, 0.4) is 0 Å². The van der Waals surface area contributed by atoms with Crippen molar-refractivity contribution in [3.8, 4) is 5.69 Å². The van der Waals surface area contributed by atoms with Crippen LogP contribution in [0.5, 0.6) is 0 Å². The van der Waals surface area contributed by atoms with E-state index in [2.05, 4.69) is 15.4 Å². The predicted molar refractivity (Wildman–Crippen MR) is 59.1 cm³/mol. The van der Waals surface area contributed by atoms with Gasteiger partial charge in [0.15, 0.2) is 0 Å². The molecule has 2 aromatic rings. The van der Waals surface area contributed by atoms with Crippen molar-refractivity contribution in [2.75, 3.05) is 7.05 Å². The van der Waals surface area contributed by atoms with Crippen LogP contribution in [-0.2, 0) is 6.54 Å². The zero-order valence-electron chi connectivity index (χ0n) is 8.61. The molecule has 16 heavy (non-hydrogen) atoms. The van der Waals surface area contributed by atoms with E-state index >= 15 is 0 Å². The molecule has 0 radical (unpaired) electrons. The third kappa shape index (κ3) is 1.91. The van der Waals surface area contributed by atoms with Gasteiger partial charge >= 0.3 is 0 Å². The molecule has 0 atom stereocenters. The average Bonchev–Trinajstić information content (AvgIpc) is 2.67. The first-order valence-corrected chi connectivity index (χ1v) is 5.09. The van der Waals surface area contributed by atoms with Crippen LogP contribution < -0.4 is 5.32 Å². The van der Waals surface area contributed by atoms with Crippen molar-refractivity contribution in [3.63, 3.8) is 0 Å². The molecule has 0 amide bonds. The lowest BCUT2D eigenvalue weighted by Crippen LogP contribution is -2.13. The molecule has 0 spiro atoms. The van der Waals surface area contributed by atoms with Gasteiger partial charge in [0.25, 0.3) is 0 Å². The number of benzene rings is 1. The SMILES string of the molecule is CNCc1ncnn1-c1c(F)cccc1Cl. The summed E-state index contributed by atoms with van der Waals surface area (Å²) >= 11 is 5.94. The summed E-state index contributed by atoms with van der Waals surface area (Å²) in [6.45, 7) is 0.491. The molecule has 0 fully saturated rings. The molecule has 0 saturated carbocycles. The van der Waals surface area contributed by atoms with Crippen LogP contribution in [-0.4, -0.2) is 21.8 Å². The first kappa shape index (κ1) is 11.0. The fourth-order valence-corrected chi connectivity index (χ4v) is 1.67. The fraction of sp³-hybridized carbons (Fsp3) is 0.200.